The van der Waals surface area contributed by atoms with E-state index in [2.05, 4.69) is 15.9 Å². The number of rotatable bonds is 4. The first-order chi connectivity index (χ1) is 7.94. The van der Waals surface area contributed by atoms with Gasteiger partial charge in [0.1, 0.15) is 5.82 Å². The number of nitrogens with zero attached hydrogens (tertiary/aromatic N) is 1. The third-order valence-corrected chi connectivity index (χ3v) is 4.49. The molecule has 0 heterocycles. The van der Waals surface area contributed by atoms with E-state index in [-0.39, 0.29) is 15.9 Å². The van der Waals surface area contributed by atoms with Gasteiger partial charge in [0.2, 0.25) is 0 Å². The lowest BCUT2D eigenvalue weighted by Crippen LogP contribution is -2.16. The van der Waals surface area contributed by atoms with Crippen LogP contribution in [0.4, 0.5) is 10.1 Å². The average molecular weight is 302 g/mol. The first-order valence-corrected chi connectivity index (χ1v) is 6.43. The molecule has 1 aliphatic rings. The van der Waals surface area contributed by atoms with Crippen molar-refractivity contribution in [3.05, 3.63) is 39.7 Å². The van der Waals surface area contributed by atoms with Gasteiger partial charge in [-0.2, -0.15) is 0 Å². The minimum Gasteiger partial charge on any atom is -0.258 e. The number of halogens is 2. The zero-order valence-corrected chi connectivity index (χ0v) is 11.0. The molecule has 2 rings (SSSR count). The SMILES string of the molecule is CC(Br)C1(Cc2cc(F)ccc2[N+](=O)[O-])CC1. The maximum Gasteiger partial charge on any atom is 0.272 e. The monoisotopic (exact) mass is 301 g/mol. The minimum atomic E-state index is -0.441. The van der Waals surface area contributed by atoms with Gasteiger partial charge in [0.15, 0.2) is 0 Å². The van der Waals surface area contributed by atoms with Gasteiger partial charge in [0, 0.05) is 16.5 Å². The molecule has 0 aromatic heterocycles. The third kappa shape index (κ3) is 2.49. The molecule has 1 unspecified atom stereocenters. The number of hydrogen-bond acceptors (Lipinski definition) is 2. The van der Waals surface area contributed by atoms with Gasteiger partial charge in [-0.15, -0.1) is 0 Å². The van der Waals surface area contributed by atoms with Crippen molar-refractivity contribution >= 4 is 21.6 Å². The lowest BCUT2D eigenvalue weighted by molar-refractivity contribution is -0.385. The Bertz CT molecular complexity index is 458. The molecule has 0 bridgehead atoms. The fraction of sp³-hybridized carbons (Fsp3) is 0.500. The number of alkyl halides is 1. The Morgan fingerprint density at radius 3 is 2.71 bits per heavy atom. The van der Waals surface area contributed by atoms with Crippen LogP contribution in [0.25, 0.3) is 0 Å². The molecule has 92 valence electrons. The molecule has 0 N–H and O–H groups in total. The van der Waals surface area contributed by atoms with Crippen LogP contribution in [0.15, 0.2) is 18.2 Å². The molecular weight excluding hydrogens is 289 g/mol. The Kier molecular flexibility index (Phi) is 3.21. The van der Waals surface area contributed by atoms with Crippen LogP contribution in [-0.4, -0.2) is 9.75 Å². The first kappa shape index (κ1) is 12.5. The van der Waals surface area contributed by atoms with Crippen LogP contribution < -0.4 is 0 Å². The van der Waals surface area contributed by atoms with Crippen LogP contribution >= 0.6 is 15.9 Å². The summed E-state index contributed by atoms with van der Waals surface area (Å²) in [6.07, 6.45) is 2.63. The lowest BCUT2D eigenvalue weighted by atomic mass is 9.93. The molecular formula is C12H13BrFNO2. The molecule has 1 aliphatic carbocycles. The molecule has 0 radical (unpaired) electrons. The Balaban J connectivity index is 2.31. The highest BCUT2D eigenvalue weighted by atomic mass is 79.9. The Morgan fingerprint density at radius 2 is 2.24 bits per heavy atom. The standard InChI is InChI=1S/C12H13BrFNO2/c1-8(13)12(4-5-12)7-9-6-10(14)2-3-11(9)15(16)17/h2-3,6,8H,4-5,7H2,1H3. The van der Waals surface area contributed by atoms with Crippen molar-refractivity contribution in [3.8, 4) is 0 Å². The predicted molar refractivity (Wildman–Crippen MR) is 66.8 cm³/mol. The molecule has 5 heteroatoms. The summed E-state index contributed by atoms with van der Waals surface area (Å²) >= 11 is 3.53. The van der Waals surface area contributed by atoms with E-state index in [1.54, 1.807) is 0 Å². The number of hydrogen-bond donors (Lipinski definition) is 0. The molecule has 0 saturated heterocycles. The first-order valence-electron chi connectivity index (χ1n) is 5.51. The van der Waals surface area contributed by atoms with E-state index in [9.17, 15) is 14.5 Å². The topological polar surface area (TPSA) is 43.1 Å². The molecule has 0 amide bonds. The second kappa shape index (κ2) is 4.37. The Labute approximate surface area is 107 Å². The molecule has 1 aromatic rings. The van der Waals surface area contributed by atoms with Gasteiger partial charge in [-0.25, -0.2) is 4.39 Å². The number of benzene rings is 1. The van der Waals surface area contributed by atoms with Gasteiger partial charge < -0.3 is 0 Å². The number of nitro benzene ring substituents is 1. The van der Waals surface area contributed by atoms with Gasteiger partial charge in [0.25, 0.3) is 5.69 Å². The van der Waals surface area contributed by atoms with Crippen LogP contribution in [0.2, 0.25) is 0 Å². The van der Waals surface area contributed by atoms with Crippen LogP contribution in [0.1, 0.15) is 25.3 Å². The summed E-state index contributed by atoms with van der Waals surface area (Å²) in [7, 11) is 0. The van der Waals surface area contributed by atoms with Crippen molar-refractivity contribution in [2.45, 2.75) is 31.0 Å². The molecule has 0 aliphatic heterocycles. The smallest absolute Gasteiger partial charge is 0.258 e. The van der Waals surface area contributed by atoms with E-state index < -0.39 is 10.7 Å². The molecule has 1 atom stereocenters. The predicted octanol–water partition coefficient (Wildman–Crippen LogP) is 3.84. The van der Waals surface area contributed by atoms with Crippen molar-refractivity contribution in [3.63, 3.8) is 0 Å². The Morgan fingerprint density at radius 1 is 1.59 bits per heavy atom. The van der Waals surface area contributed by atoms with E-state index in [1.165, 1.54) is 12.1 Å². The number of nitro groups is 1. The van der Waals surface area contributed by atoms with Crippen LogP contribution in [0, 0.1) is 21.3 Å². The van der Waals surface area contributed by atoms with Gasteiger partial charge in [0.05, 0.1) is 4.92 Å². The average Bonchev–Trinajstić information content (AvgIpc) is 2.98. The van der Waals surface area contributed by atoms with Gasteiger partial charge >= 0.3 is 0 Å². The van der Waals surface area contributed by atoms with Gasteiger partial charge in [-0.3, -0.25) is 10.1 Å². The van der Waals surface area contributed by atoms with Crippen molar-refractivity contribution in [2.24, 2.45) is 5.41 Å². The fourth-order valence-corrected chi connectivity index (χ4v) is 2.75. The molecule has 1 aromatic carbocycles. The van der Waals surface area contributed by atoms with Crippen molar-refractivity contribution < 1.29 is 9.31 Å². The van der Waals surface area contributed by atoms with Crippen molar-refractivity contribution in [1.82, 2.24) is 0 Å². The van der Waals surface area contributed by atoms with Crippen LogP contribution in [0.5, 0.6) is 0 Å². The zero-order chi connectivity index (χ0) is 12.6. The van der Waals surface area contributed by atoms with Gasteiger partial charge in [-0.1, -0.05) is 22.9 Å². The summed E-state index contributed by atoms with van der Waals surface area (Å²) in [5.74, 6) is -0.413. The second-order valence-electron chi connectivity index (χ2n) is 4.69. The summed E-state index contributed by atoms with van der Waals surface area (Å²) < 4.78 is 13.2. The second-order valence-corrected chi connectivity index (χ2v) is 6.06. The highest BCUT2D eigenvalue weighted by Gasteiger charge is 2.47. The largest absolute Gasteiger partial charge is 0.272 e. The maximum absolute atomic E-state index is 13.2. The third-order valence-electron chi connectivity index (χ3n) is 3.52. The minimum absolute atomic E-state index is 0.0193. The molecule has 0 spiro atoms. The van der Waals surface area contributed by atoms with Crippen LogP contribution in [0.3, 0.4) is 0 Å². The van der Waals surface area contributed by atoms with E-state index in [1.807, 2.05) is 6.92 Å². The summed E-state index contributed by atoms with van der Waals surface area (Å²) in [6, 6.07) is 3.67. The zero-order valence-electron chi connectivity index (χ0n) is 9.45. The molecule has 1 fully saturated rings. The van der Waals surface area contributed by atoms with Crippen molar-refractivity contribution in [2.75, 3.05) is 0 Å². The lowest BCUT2D eigenvalue weighted by Gasteiger charge is -2.17. The van der Waals surface area contributed by atoms with E-state index in [4.69, 9.17) is 0 Å². The van der Waals surface area contributed by atoms with Gasteiger partial charge in [-0.05, 0) is 36.8 Å². The Hall–Kier alpha value is -0.970. The van der Waals surface area contributed by atoms with Crippen LogP contribution in [-0.2, 0) is 6.42 Å². The highest BCUT2D eigenvalue weighted by molar-refractivity contribution is 9.09. The fourth-order valence-electron chi connectivity index (χ4n) is 2.13. The molecule has 1 saturated carbocycles. The van der Waals surface area contributed by atoms with E-state index in [0.29, 0.717) is 12.0 Å². The normalized spacial score (nSPS) is 18.8. The quantitative estimate of drug-likeness (QED) is 0.482. The molecule has 17 heavy (non-hydrogen) atoms. The summed E-state index contributed by atoms with van der Waals surface area (Å²) in [4.78, 5) is 10.7. The summed E-state index contributed by atoms with van der Waals surface area (Å²) in [5, 5.41) is 10.9. The summed E-state index contributed by atoms with van der Waals surface area (Å²) in [6.45, 7) is 2.04. The van der Waals surface area contributed by atoms with Crippen molar-refractivity contribution in [1.29, 1.82) is 0 Å². The van der Waals surface area contributed by atoms with E-state index >= 15 is 0 Å². The molecule has 3 nitrogen and oxygen atoms in total. The maximum atomic E-state index is 13.2. The highest BCUT2D eigenvalue weighted by Crippen LogP contribution is 2.54. The summed E-state index contributed by atoms with van der Waals surface area (Å²) in [5.41, 5.74) is 0.586. The van der Waals surface area contributed by atoms with E-state index in [0.717, 1.165) is 18.9 Å².